The minimum Gasteiger partial charge on any atom is -0.494 e. The summed E-state index contributed by atoms with van der Waals surface area (Å²) in [5.74, 6) is 0.742. The fourth-order valence-corrected chi connectivity index (χ4v) is 4.47. The summed E-state index contributed by atoms with van der Waals surface area (Å²) in [5, 5.41) is 2.98. The molecule has 0 atom stereocenters. The predicted octanol–water partition coefficient (Wildman–Crippen LogP) is 4.10. The van der Waals surface area contributed by atoms with Crippen molar-refractivity contribution in [1.82, 2.24) is 4.31 Å². The lowest BCUT2D eigenvalue weighted by Gasteiger charge is -2.28. The fraction of sp³-hybridized carbons (Fsp3) is 0.458. The smallest absolute Gasteiger partial charge is 0.224 e. The Balaban J connectivity index is 1.49. The zero-order valence-electron chi connectivity index (χ0n) is 18.8. The van der Waals surface area contributed by atoms with Crippen LogP contribution in [0.4, 0.5) is 5.69 Å². The fourth-order valence-electron chi connectivity index (χ4n) is 3.67. The monoisotopic (exact) mass is 444 g/mol. The second-order valence-electron chi connectivity index (χ2n) is 9.06. The van der Waals surface area contributed by atoms with Crippen LogP contribution in [0.25, 0.3) is 0 Å². The Morgan fingerprint density at radius 2 is 1.84 bits per heavy atom. The van der Waals surface area contributed by atoms with Gasteiger partial charge >= 0.3 is 0 Å². The molecular weight excluding hydrogens is 412 g/mol. The molecule has 0 saturated carbocycles. The van der Waals surface area contributed by atoms with Gasteiger partial charge in [0.1, 0.15) is 5.75 Å². The molecule has 1 N–H and O–H groups in total. The van der Waals surface area contributed by atoms with Crippen molar-refractivity contribution >= 4 is 21.6 Å². The van der Waals surface area contributed by atoms with Gasteiger partial charge in [-0.2, -0.15) is 4.31 Å². The van der Waals surface area contributed by atoms with Gasteiger partial charge in [-0.25, -0.2) is 8.42 Å². The maximum atomic E-state index is 12.4. The molecule has 0 unspecified atom stereocenters. The van der Waals surface area contributed by atoms with Crippen LogP contribution in [-0.2, 0) is 33.2 Å². The van der Waals surface area contributed by atoms with Gasteiger partial charge in [-0.3, -0.25) is 4.79 Å². The van der Waals surface area contributed by atoms with E-state index in [1.807, 2.05) is 30.3 Å². The number of rotatable bonds is 7. The molecule has 6 nitrogen and oxygen atoms in total. The van der Waals surface area contributed by atoms with Gasteiger partial charge in [-0.1, -0.05) is 45.0 Å². The average molecular weight is 445 g/mol. The molecule has 1 amide bonds. The topological polar surface area (TPSA) is 75.7 Å². The number of fused-ring (bicyclic) bond motifs is 1. The predicted molar refractivity (Wildman–Crippen MR) is 124 cm³/mol. The number of hydrogen-bond acceptors (Lipinski definition) is 4. The Morgan fingerprint density at radius 1 is 1.13 bits per heavy atom. The first-order chi connectivity index (χ1) is 14.5. The molecule has 0 aromatic heterocycles. The molecule has 0 radical (unpaired) electrons. The van der Waals surface area contributed by atoms with E-state index < -0.39 is 10.0 Å². The maximum Gasteiger partial charge on any atom is 0.224 e. The lowest BCUT2D eigenvalue weighted by molar-refractivity contribution is -0.116. The third-order valence-electron chi connectivity index (χ3n) is 5.51. The number of amides is 1. The zero-order chi connectivity index (χ0) is 22.6. The van der Waals surface area contributed by atoms with Gasteiger partial charge < -0.3 is 10.1 Å². The van der Waals surface area contributed by atoms with Crippen LogP contribution in [0.2, 0.25) is 0 Å². The molecule has 0 bridgehead atoms. The number of anilines is 1. The van der Waals surface area contributed by atoms with Crippen molar-refractivity contribution in [1.29, 1.82) is 0 Å². The molecule has 168 valence electrons. The van der Waals surface area contributed by atoms with Crippen LogP contribution in [0.3, 0.4) is 0 Å². The molecule has 1 aliphatic rings. The standard InChI is InChI=1S/C24H32N2O4S/c1-24(2,3)19-10-12-20(13-11-19)30-16-6-9-23(27)25-22-8-5-7-18-17-26(31(4,28)29)15-14-21(18)22/h5,7-8,10-13H,6,9,14-17H2,1-4H3,(H,25,27). The molecule has 2 aromatic carbocycles. The third-order valence-corrected chi connectivity index (χ3v) is 6.76. The minimum atomic E-state index is -3.22. The van der Waals surface area contributed by atoms with Crippen LogP contribution in [0.5, 0.6) is 5.75 Å². The van der Waals surface area contributed by atoms with Gasteiger partial charge in [0.05, 0.1) is 12.9 Å². The van der Waals surface area contributed by atoms with Crippen LogP contribution in [-0.4, -0.2) is 38.0 Å². The number of benzene rings is 2. The van der Waals surface area contributed by atoms with Gasteiger partial charge in [0.2, 0.25) is 15.9 Å². The summed E-state index contributed by atoms with van der Waals surface area (Å²) in [4.78, 5) is 12.4. The highest BCUT2D eigenvalue weighted by Crippen LogP contribution is 2.28. The van der Waals surface area contributed by atoms with Crippen molar-refractivity contribution in [3.63, 3.8) is 0 Å². The summed E-state index contributed by atoms with van der Waals surface area (Å²) in [7, 11) is -3.22. The average Bonchev–Trinajstić information content (AvgIpc) is 2.70. The van der Waals surface area contributed by atoms with Gasteiger partial charge in [0, 0.05) is 25.2 Å². The highest BCUT2D eigenvalue weighted by molar-refractivity contribution is 7.88. The molecule has 1 heterocycles. The highest BCUT2D eigenvalue weighted by atomic mass is 32.2. The van der Waals surface area contributed by atoms with Crippen molar-refractivity contribution in [3.8, 4) is 5.75 Å². The Morgan fingerprint density at radius 3 is 2.48 bits per heavy atom. The van der Waals surface area contributed by atoms with E-state index in [-0.39, 0.29) is 11.3 Å². The van der Waals surface area contributed by atoms with Gasteiger partial charge in [0.15, 0.2) is 0 Å². The highest BCUT2D eigenvalue weighted by Gasteiger charge is 2.24. The van der Waals surface area contributed by atoms with Gasteiger partial charge in [0.25, 0.3) is 0 Å². The van der Waals surface area contributed by atoms with Crippen molar-refractivity contribution < 1.29 is 17.9 Å². The van der Waals surface area contributed by atoms with E-state index in [9.17, 15) is 13.2 Å². The molecule has 2 aromatic rings. The summed E-state index contributed by atoms with van der Waals surface area (Å²) in [6, 6.07) is 13.7. The molecule has 0 fully saturated rings. The molecule has 1 aliphatic heterocycles. The lowest BCUT2D eigenvalue weighted by Crippen LogP contribution is -2.35. The molecular formula is C24H32N2O4S. The van der Waals surface area contributed by atoms with Crippen LogP contribution in [0.1, 0.15) is 50.3 Å². The number of ether oxygens (including phenoxy) is 1. The number of carbonyl (C=O) groups is 1. The first-order valence-electron chi connectivity index (χ1n) is 10.6. The van der Waals surface area contributed by atoms with Crippen LogP contribution in [0.15, 0.2) is 42.5 Å². The number of hydrogen-bond donors (Lipinski definition) is 1. The first kappa shape index (κ1) is 23.3. The number of carbonyl (C=O) groups excluding carboxylic acids is 1. The van der Waals surface area contributed by atoms with Gasteiger partial charge in [-0.05, 0) is 53.1 Å². The Hall–Kier alpha value is -2.38. The number of nitrogens with one attached hydrogen (secondary N) is 1. The second-order valence-corrected chi connectivity index (χ2v) is 11.0. The summed E-state index contributed by atoms with van der Waals surface area (Å²) >= 11 is 0. The Bertz CT molecular complexity index is 1020. The van der Waals surface area contributed by atoms with E-state index in [4.69, 9.17) is 4.74 Å². The molecule has 31 heavy (non-hydrogen) atoms. The summed E-state index contributed by atoms with van der Waals surface area (Å²) in [6.07, 6.45) is 2.79. The van der Waals surface area contributed by atoms with Crippen molar-refractivity contribution in [2.45, 2.75) is 52.0 Å². The second kappa shape index (κ2) is 9.40. The largest absolute Gasteiger partial charge is 0.494 e. The van der Waals surface area contributed by atoms with Crippen LogP contribution >= 0.6 is 0 Å². The summed E-state index contributed by atoms with van der Waals surface area (Å²) < 4.78 is 30.9. The number of sulfonamides is 1. The molecule has 0 aliphatic carbocycles. The maximum absolute atomic E-state index is 12.4. The van der Waals surface area contributed by atoms with Gasteiger partial charge in [-0.15, -0.1) is 0 Å². The normalized spacial score (nSPS) is 14.7. The number of nitrogens with zero attached hydrogens (tertiary/aromatic N) is 1. The lowest BCUT2D eigenvalue weighted by atomic mass is 9.87. The van der Waals surface area contributed by atoms with Crippen molar-refractivity contribution in [3.05, 3.63) is 59.2 Å². The Kier molecular flexibility index (Phi) is 7.06. The minimum absolute atomic E-state index is 0.0642. The summed E-state index contributed by atoms with van der Waals surface area (Å²) in [6.45, 7) is 7.77. The molecule has 0 saturated heterocycles. The Labute approximate surface area is 185 Å². The summed E-state index contributed by atoms with van der Waals surface area (Å²) in [5.41, 5.74) is 4.10. The van der Waals surface area contributed by atoms with E-state index in [0.717, 1.165) is 22.6 Å². The quantitative estimate of drug-likeness (QED) is 0.653. The SMILES string of the molecule is CC(C)(C)c1ccc(OCCCC(=O)Nc2cccc3c2CCN(S(C)(=O)=O)C3)cc1. The van der Waals surface area contributed by atoms with Crippen LogP contribution in [0, 0.1) is 0 Å². The first-order valence-corrected chi connectivity index (χ1v) is 12.5. The van der Waals surface area contributed by atoms with E-state index in [2.05, 4.69) is 38.2 Å². The zero-order valence-corrected chi connectivity index (χ0v) is 19.6. The molecule has 0 spiro atoms. The van der Waals surface area contributed by atoms with E-state index in [0.29, 0.717) is 39.0 Å². The molecule has 7 heteroatoms. The van der Waals surface area contributed by atoms with Crippen molar-refractivity contribution in [2.24, 2.45) is 0 Å². The third kappa shape index (κ3) is 6.31. The van der Waals surface area contributed by atoms with E-state index >= 15 is 0 Å². The van der Waals surface area contributed by atoms with Crippen molar-refractivity contribution in [2.75, 3.05) is 24.7 Å². The molecule has 3 rings (SSSR count). The van der Waals surface area contributed by atoms with Crippen LogP contribution < -0.4 is 10.1 Å². The van der Waals surface area contributed by atoms with E-state index in [1.165, 1.54) is 16.1 Å². The van der Waals surface area contributed by atoms with E-state index in [1.54, 1.807) is 0 Å².